The molecule has 1 unspecified atom stereocenters. The number of hydrogen-bond acceptors (Lipinski definition) is 2. The quantitative estimate of drug-likeness (QED) is 0.772. The molecule has 2 rings (SSSR count). The van der Waals surface area contributed by atoms with Gasteiger partial charge in [-0.05, 0) is 36.6 Å². The molecule has 3 heteroatoms. The highest BCUT2D eigenvalue weighted by Crippen LogP contribution is 2.21. The fourth-order valence-electron chi connectivity index (χ4n) is 1.78. The maximum atomic E-state index is 5.18. The molecule has 0 aromatic heterocycles. The number of halogens is 1. The first-order chi connectivity index (χ1) is 6.29. The Morgan fingerprint density at radius 3 is 2.86 bits per heavy atom. The fraction of sp³-hybridized carbons (Fsp3) is 0.455. The van der Waals surface area contributed by atoms with Gasteiger partial charge in [0.2, 0.25) is 0 Å². The van der Waals surface area contributed by atoms with E-state index in [1.165, 1.54) is 11.1 Å². The summed E-state index contributed by atoms with van der Waals surface area (Å²) in [4.78, 5) is 0. The van der Waals surface area contributed by atoms with E-state index < -0.39 is 0 Å². The van der Waals surface area contributed by atoms with Gasteiger partial charge in [0.25, 0.3) is 0 Å². The molecular formula is C11H16ClNO. The monoisotopic (exact) mass is 213 g/mol. The smallest absolute Gasteiger partial charge is 0.119 e. The van der Waals surface area contributed by atoms with Crippen molar-refractivity contribution in [3.63, 3.8) is 0 Å². The fourth-order valence-corrected chi connectivity index (χ4v) is 1.78. The molecule has 0 amide bonds. The van der Waals surface area contributed by atoms with Gasteiger partial charge in [0.1, 0.15) is 5.75 Å². The predicted molar refractivity (Wildman–Crippen MR) is 60.2 cm³/mol. The minimum absolute atomic E-state index is 0. The maximum absolute atomic E-state index is 5.18. The third-order valence-corrected chi connectivity index (χ3v) is 2.58. The van der Waals surface area contributed by atoms with Crippen LogP contribution in [0.15, 0.2) is 18.2 Å². The van der Waals surface area contributed by atoms with Gasteiger partial charge >= 0.3 is 0 Å². The number of hydrogen-bond donors (Lipinski definition) is 1. The van der Waals surface area contributed by atoms with Crippen LogP contribution in [0.3, 0.4) is 0 Å². The van der Waals surface area contributed by atoms with E-state index in [4.69, 9.17) is 4.74 Å². The standard InChI is InChI=1S/C11H15NO.ClH/c1-8-5-9-3-4-11(13-2)6-10(9)7-12-8;/h3-4,6,8,12H,5,7H2,1-2H3;1H. The third kappa shape index (κ3) is 2.20. The summed E-state index contributed by atoms with van der Waals surface area (Å²) in [6.07, 6.45) is 1.12. The molecule has 0 saturated carbocycles. The van der Waals surface area contributed by atoms with Crippen LogP contribution >= 0.6 is 12.4 Å². The topological polar surface area (TPSA) is 21.3 Å². The molecule has 1 aliphatic rings. The second kappa shape index (κ2) is 4.67. The molecule has 1 aromatic rings. The zero-order valence-corrected chi connectivity index (χ0v) is 9.36. The second-order valence-corrected chi connectivity index (χ2v) is 3.62. The molecule has 0 saturated heterocycles. The highest BCUT2D eigenvalue weighted by molar-refractivity contribution is 5.85. The van der Waals surface area contributed by atoms with Crippen LogP contribution in [-0.2, 0) is 13.0 Å². The lowest BCUT2D eigenvalue weighted by molar-refractivity contribution is 0.412. The van der Waals surface area contributed by atoms with Crippen LogP contribution in [0.1, 0.15) is 18.1 Å². The van der Waals surface area contributed by atoms with Gasteiger partial charge in [-0.25, -0.2) is 0 Å². The molecular weight excluding hydrogens is 198 g/mol. The summed E-state index contributed by atoms with van der Waals surface area (Å²) in [7, 11) is 1.71. The average molecular weight is 214 g/mol. The van der Waals surface area contributed by atoms with Crippen molar-refractivity contribution < 1.29 is 4.74 Å². The molecule has 0 radical (unpaired) electrons. The summed E-state index contributed by atoms with van der Waals surface area (Å²) < 4.78 is 5.18. The highest BCUT2D eigenvalue weighted by atomic mass is 35.5. The van der Waals surface area contributed by atoms with Crippen molar-refractivity contribution in [2.45, 2.75) is 25.9 Å². The van der Waals surface area contributed by atoms with Gasteiger partial charge in [-0.3, -0.25) is 0 Å². The van der Waals surface area contributed by atoms with Gasteiger partial charge in [-0.15, -0.1) is 12.4 Å². The van der Waals surface area contributed by atoms with Crippen LogP contribution in [0.4, 0.5) is 0 Å². The lowest BCUT2D eigenvalue weighted by Crippen LogP contribution is -2.32. The van der Waals surface area contributed by atoms with Gasteiger partial charge < -0.3 is 10.1 Å². The number of rotatable bonds is 1. The van der Waals surface area contributed by atoms with E-state index >= 15 is 0 Å². The Morgan fingerprint density at radius 2 is 2.14 bits per heavy atom. The molecule has 0 spiro atoms. The number of nitrogens with one attached hydrogen (secondary N) is 1. The Hall–Kier alpha value is -0.730. The van der Waals surface area contributed by atoms with Crippen molar-refractivity contribution in [1.82, 2.24) is 5.32 Å². The molecule has 1 N–H and O–H groups in total. The molecule has 0 bridgehead atoms. The minimum atomic E-state index is 0. The normalized spacial score (nSPS) is 19.4. The van der Waals surface area contributed by atoms with Crippen LogP contribution in [-0.4, -0.2) is 13.2 Å². The summed E-state index contributed by atoms with van der Waals surface area (Å²) in [5, 5.41) is 3.43. The Bertz CT molecular complexity index is 314. The summed E-state index contributed by atoms with van der Waals surface area (Å²) in [6, 6.07) is 6.93. The Labute approximate surface area is 91.1 Å². The third-order valence-electron chi connectivity index (χ3n) is 2.58. The van der Waals surface area contributed by atoms with Gasteiger partial charge in [-0.1, -0.05) is 6.07 Å². The van der Waals surface area contributed by atoms with Gasteiger partial charge in [-0.2, -0.15) is 0 Å². The van der Waals surface area contributed by atoms with Crippen molar-refractivity contribution in [2.24, 2.45) is 0 Å². The minimum Gasteiger partial charge on any atom is -0.497 e. The summed E-state index contributed by atoms with van der Waals surface area (Å²) in [6.45, 7) is 3.18. The van der Waals surface area contributed by atoms with Crippen LogP contribution in [0.5, 0.6) is 5.75 Å². The molecule has 1 aromatic carbocycles. The van der Waals surface area contributed by atoms with Crippen LogP contribution < -0.4 is 10.1 Å². The lowest BCUT2D eigenvalue weighted by atomic mass is 9.96. The molecule has 14 heavy (non-hydrogen) atoms. The Morgan fingerprint density at radius 1 is 1.36 bits per heavy atom. The summed E-state index contributed by atoms with van der Waals surface area (Å²) in [5.74, 6) is 0.954. The zero-order chi connectivity index (χ0) is 9.26. The van der Waals surface area contributed by atoms with Crippen LogP contribution in [0.25, 0.3) is 0 Å². The molecule has 0 fully saturated rings. The molecule has 78 valence electrons. The number of methoxy groups -OCH3 is 1. The average Bonchev–Trinajstić information content (AvgIpc) is 2.17. The van der Waals surface area contributed by atoms with E-state index in [0.717, 1.165) is 18.7 Å². The van der Waals surface area contributed by atoms with Gasteiger partial charge in [0.05, 0.1) is 7.11 Å². The van der Waals surface area contributed by atoms with Crippen molar-refractivity contribution >= 4 is 12.4 Å². The van der Waals surface area contributed by atoms with E-state index in [1.54, 1.807) is 7.11 Å². The maximum Gasteiger partial charge on any atom is 0.119 e. The van der Waals surface area contributed by atoms with Crippen molar-refractivity contribution in [1.29, 1.82) is 0 Å². The van der Waals surface area contributed by atoms with Crippen LogP contribution in [0, 0.1) is 0 Å². The van der Waals surface area contributed by atoms with E-state index in [2.05, 4.69) is 24.4 Å². The van der Waals surface area contributed by atoms with Gasteiger partial charge in [0, 0.05) is 12.6 Å². The van der Waals surface area contributed by atoms with E-state index in [0.29, 0.717) is 6.04 Å². The molecule has 1 aliphatic heterocycles. The second-order valence-electron chi connectivity index (χ2n) is 3.62. The molecule has 1 atom stereocenters. The number of benzene rings is 1. The lowest BCUT2D eigenvalue weighted by Gasteiger charge is -2.23. The predicted octanol–water partition coefficient (Wildman–Crippen LogP) is 2.15. The Kier molecular flexibility index (Phi) is 3.78. The SMILES string of the molecule is COc1ccc2c(c1)CNC(C)C2.Cl. The number of ether oxygens (including phenoxy) is 1. The number of fused-ring (bicyclic) bond motifs is 1. The van der Waals surface area contributed by atoms with Crippen molar-refractivity contribution in [3.05, 3.63) is 29.3 Å². The van der Waals surface area contributed by atoms with E-state index in [9.17, 15) is 0 Å². The van der Waals surface area contributed by atoms with Gasteiger partial charge in [0.15, 0.2) is 0 Å². The first kappa shape index (κ1) is 11.3. The first-order valence-corrected chi connectivity index (χ1v) is 4.69. The molecule has 1 heterocycles. The summed E-state index contributed by atoms with van der Waals surface area (Å²) in [5.41, 5.74) is 2.82. The molecule has 0 aliphatic carbocycles. The van der Waals surface area contributed by atoms with E-state index in [-0.39, 0.29) is 12.4 Å². The Balaban J connectivity index is 0.000000980. The van der Waals surface area contributed by atoms with E-state index in [1.807, 2.05) is 6.07 Å². The largest absolute Gasteiger partial charge is 0.497 e. The molecule has 2 nitrogen and oxygen atoms in total. The first-order valence-electron chi connectivity index (χ1n) is 4.69. The highest BCUT2D eigenvalue weighted by Gasteiger charge is 2.14. The van der Waals surface area contributed by atoms with Crippen LogP contribution in [0.2, 0.25) is 0 Å². The van der Waals surface area contributed by atoms with Crippen molar-refractivity contribution in [3.8, 4) is 5.75 Å². The summed E-state index contributed by atoms with van der Waals surface area (Å²) >= 11 is 0. The zero-order valence-electron chi connectivity index (χ0n) is 8.54. The van der Waals surface area contributed by atoms with Crippen molar-refractivity contribution in [2.75, 3.05) is 7.11 Å².